The van der Waals surface area contributed by atoms with Crippen LogP contribution in [0.15, 0.2) is 6.33 Å². The van der Waals surface area contributed by atoms with E-state index in [0.29, 0.717) is 17.0 Å². The Bertz CT molecular complexity index is 397. The molecule has 0 saturated heterocycles. The normalized spacial score (nSPS) is 13.8. The van der Waals surface area contributed by atoms with Crippen LogP contribution < -0.4 is 5.32 Å². The van der Waals surface area contributed by atoms with Crippen molar-refractivity contribution in [3.8, 4) is 0 Å². The van der Waals surface area contributed by atoms with Gasteiger partial charge < -0.3 is 5.32 Å². The van der Waals surface area contributed by atoms with E-state index in [-0.39, 0.29) is 5.41 Å². The molecule has 4 heteroatoms. The van der Waals surface area contributed by atoms with Crippen molar-refractivity contribution in [1.29, 1.82) is 0 Å². The standard InChI is InChI=1S/C14H24ClN3/c1-9(2)11-12(15)17-8-18-13(11)16-7-10(3)14(4,5)6/h8-10H,7H2,1-6H3,(H,16,17,18). The first-order chi connectivity index (χ1) is 8.23. The molecule has 1 heterocycles. The predicted octanol–water partition coefficient (Wildman–Crippen LogP) is 4.35. The quantitative estimate of drug-likeness (QED) is 0.826. The van der Waals surface area contributed by atoms with E-state index < -0.39 is 0 Å². The molecule has 1 unspecified atom stereocenters. The first-order valence-electron chi connectivity index (χ1n) is 6.47. The minimum atomic E-state index is 0.280. The van der Waals surface area contributed by atoms with Crippen LogP contribution in [0.5, 0.6) is 0 Å². The maximum atomic E-state index is 6.14. The van der Waals surface area contributed by atoms with Crippen LogP contribution in [-0.4, -0.2) is 16.5 Å². The third-order valence-electron chi connectivity index (χ3n) is 3.47. The minimum absolute atomic E-state index is 0.280. The molecule has 1 atom stereocenters. The highest BCUT2D eigenvalue weighted by Crippen LogP contribution is 2.30. The molecule has 1 N–H and O–H groups in total. The summed E-state index contributed by atoms with van der Waals surface area (Å²) < 4.78 is 0. The Morgan fingerprint density at radius 3 is 2.33 bits per heavy atom. The van der Waals surface area contributed by atoms with Gasteiger partial charge in [0.1, 0.15) is 17.3 Å². The molecule has 0 bridgehead atoms. The van der Waals surface area contributed by atoms with Gasteiger partial charge in [0.2, 0.25) is 0 Å². The van der Waals surface area contributed by atoms with Crippen LogP contribution in [-0.2, 0) is 0 Å². The lowest BCUT2D eigenvalue weighted by Gasteiger charge is -2.28. The molecular formula is C14H24ClN3. The number of nitrogens with zero attached hydrogens (tertiary/aromatic N) is 2. The second-order valence-corrected chi connectivity index (χ2v) is 6.59. The average molecular weight is 270 g/mol. The fraction of sp³-hybridized carbons (Fsp3) is 0.714. The molecule has 0 aliphatic rings. The molecule has 18 heavy (non-hydrogen) atoms. The SMILES string of the molecule is CC(C)c1c(Cl)ncnc1NCC(C)C(C)(C)C. The topological polar surface area (TPSA) is 37.8 Å². The first kappa shape index (κ1) is 15.2. The molecule has 102 valence electrons. The zero-order valence-corrected chi connectivity index (χ0v) is 13.0. The number of aromatic nitrogens is 2. The van der Waals surface area contributed by atoms with Crippen molar-refractivity contribution in [1.82, 2.24) is 9.97 Å². The number of halogens is 1. The molecule has 1 aromatic heterocycles. The van der Waals surface area contributed by atoms with E-state index in [1.165, 1.54) is 6.33 Å². The van der Waals surface area contributed by atoms with Crippen LogP contribution in [0.4, 0.5) is 5.82 Å². The van der Waals surface area contributed by atoms with Gasteiger partial charge in [-0.3, -0.25) is 0 Å². The lowest BCUT2D eigenvalue weighted by Crippen LogP contribution is -2.25. The Balaban J connectivity index is 2.83. The van der Waals surface area contributed by atoms with E-state index in [1.54, 1.807) is 0 Å². The van der Waals surface area contributed by atoms with Crippen molar-refractivity contribution in [3.63, 3.8) is 0 Å². The van der Waals surface area contributed by atoms with Gasteiger partial charge in [-0.05, 0) is 17.3 Å². The van der Waals surface area contributed by atoms with Gasteiger partial charge in [-0.1, -0.05) is 53.1 Å². The zero-order chi connectivity index (χ0) is 13.9. The number of rotatable bonds is 4. The number of hydrogen-bond acceptors (Lipinski definition) is 3. The lowest BCUT2D eigenvalue weighted by atomic mass is 9.82. The molecule has 0 aliphatic carbocycles. The Kier molecular flexibility index (Phi) is 4.97. The Morgan fingerprint density at radius 1 is 1.22 bits per heavy atom. The summed E-state index contributed by atoms with van der Waals surface area (Å²) in [6.45, 7) is 14.1. The number of hydrogen-bond donors (Lipinski definition) is 1. The summed E-state index contributed by atoms with van der Waals surface area (Å²) >= 11 is 6.14. The molecule has 0 aromatic carbocycles. The molecule has 1 rings (SSSR count). The summed E-state index contributed by atoms with van der Waals surface area (Å²) in [4.78, 5) is 8.36. The largest absolute Gasteiger partial charge is 0.369 e. The van der Waals surface area contributed by atoms with Crippen molar-refractivity contribution in [3.05, 3.63) is 17.0 Å². The van der Waals surface area contributed by atoms with Crippen molar-refractivity contribution in [2.45, 2.75) is 47.5 Å². The third kappa shape index (κ3) is 3.84. The van der Waals surface area contributed by atoms with E-state index >= 15 is 0 Å². The minimum Gasteiger partial charge on any atom is -0.369 e. The fourth-order valence-electron chi connectivity index (χ4n) is 1.58. The molecule has 0 radical (unpaired) electrons. The van der Waals surface area contributed by atoms with Crippen LogP contribution in [0, 0.1) is 11.3 Å². The molecule has 0 spiro atoms. The molecule has 1 aromatic rings. The van der Waals surface area contributed by atoms with Gasteiger partial charge in [0.05, 0.1) is 0 Å². The molecule has 0 amide bonds. The average Bonchev–Trinajstić information content (AvgIpc) is 2.23. The molecule has 3 nitrogen and oxygen atoms in total. The van der Waals surface area contributed by atoms with Crippen LogP contribution in [0.25, 0.3) is 0 Å². The fourth-order valence-corrected chi connectivity index (χ4v) is 1.93. The summed E-state index contributed by atoms with van der Waals surface area (Å²) in [5, 5.41) is 3.95. The number of nitrogens with one attached hydrogen (secondary N) is 1. The zero-order valence-electron chi connectivity index (χ0n) is 12.2. The summed E-state index contributed by atoms with van der Waals surface area (Å²) in [6.07, 6.45) is 1.51. The van der Waals surface area contributed by atoms with Gasteiger partial charge >= 0.3 is 0 Å². The van der Waals surface area contributed by atoms with Gasteiger partial charge in [0, 0.05) is 12.1 Å². The van der Waals surface area contributed by atoms with Crippen LogP contribution >= 0.6 is 11.6 Å². The maximum absolute atomic E-state index is 6.14. The molecule has 0 aliphatic heterocycles. The highest BCUT2D eigenvalue weighted by Gasteiger charge is 2.21. The highest BCUT2D eigenvalue weighted by molar-refractivity contribution is 6.30. The van der Waals surface area contributed by atoms with Gasteiger partial charge in [0.15, 0.2) is 0 Å². The van der Waals surface area contributed by atoms with Gasteiger partial charge in [-0.2, -0.15) is 0 Å². The second kappa shape index (κ2) is 5.87. The van der Waals surface area contributed by atoms with Crippen LogP contribution in [0.2, 0.25) is 5.15 Å². The highest BCUT2D eigenvalue weighted by atomic mass is 35.5. The number of anilines is 1. The Morgan fingerprint density at radius 2 is 1.83 bits per heavy atom. The summed E-state index contributed by atoms with van der Waals surface area (Å²) in [5.41, 5.74) is 1.28. The predicted molar refractivity (Wildman–Crippen MR) is 78.2 cm³/mol. The van der Waals surface area contributed by atoms with E-state index in [0.717, 1.165) is 17.9 Å². The third-order valence-corrected chi connectivity index (χ3v) is 3.77. The van der Waals surface area contributed by atoms with Crippen molar-refractivity contribution in [2.75, 3.05) is 11.9 Å². The van der Waals surface area contributed by atoms with E-state index in [4.69, 9.17) is 11.6 Å². The first-order valence-corrected chi connectivity index (χ1v) is 6.85. The van der Waals surface area contributed by atoms with Crippen LogP contribution in [0.3, 0.4) is 0 Å². The van der Waals surface area contributed by atoms with E-state index in [1.807, 2.05) is 0 Å². The summed E-state index contributed by atoms with van der Waals surface area (Å²) in [5.74, 6) is 1.72. The Labute approximate surface area is 115 Å². The van der Waals surface area contributed by atoms with Gasteiger partial charge in [0.25, 0.3) is 0 Å². The van der Waals surface area contributed by atoms with Crippen molar-refractivity contribution >= 4 is 17.4 Å². The van der Waals surface area contributed by atoms with Gasteiger partial charge in [-0.25, -0.2) is 9.97 Å². The van der Waals surface area contributed by atoms with Crippen molar-refractivity contribution < 1.29 is 0 Å². The molecular weight excluding hydrogens is 246 g/mol. The maximum Gasteiger partial charge on any atom is 0.138 e. The smallest absolute Gasteiger partial charge is 0.138 e. The van der Waals surface area contributed by atoms with Crippen molar-refractivity contribution in [2.24, 2.45) is 11.3 Å². The summed E-state index contributed by atoms with van der Waals surface area (Å²) in [6, 6.07) is 0. The Hall–Kier alpha value is -0.830. The van der Waals surface area contributed by atoms with Crippen LogP contribution in [0.1, 0.15) is 53.0 Å². The second-order valence-electron chi connectivity index (χ2n) is 6.23. The van der Waals surface area contributed by atoms with E-state index in [2.05, 4.69) is 56.8 Å². The summed E-state index contributed by atoms with van der Waals surface area (Å²) in [7, 11) is 0. The van der Waals surface area contributed by atoms with Gasteiger partial charge in [-0.15, -0.1) is 0 Å². The molecule has 0 fully saturated rings. The molecule has 0 saturated carbocycles. The van der Waals surface area contributed by atoms with E-state index in [9.17, 15) is 0 Å². The lowest BCUT2D eigenvalue weighted by molar-refractivity contribution is 0.274. The monoisotopic (exact) mass is 269 g/mol.